The molecule has 0 bridgehead atoms. The molecule has 5 heteroatoms. The first kappa shape index (κ1) is 19.5. The molecule has 1 N–H and O–H groups in total. The molecule has 0 saturated heterocycles. The molecule has 2 aromatic rings. The van der Waals surface area contributed by atoms with Crippen LogP contribution in [0.5, 0.6) is 0 Å². The van der Waals surface area contributed by atoms with E-state index < -0.39 is 17.5 Å². The average Bonchev–Trinajstić information content (AvgIpc) is 3.05. The minimum Gasteiger partial charge on any atom is -0.550 e. The number of carbonyl (C=O) groups excluding carboxylic acids is 2. The van der Waals surface area contributed by atoms with E-state index in [1.807, 2.05) is 24.3 Å². The van der Waals surface area contributed by atoms with Gasteiger partial charge in [-0.05, 0) is 46.9 Å². The van der Waals surface area contributed by atoms with Crippen molar-refractivity contribution in [3.05, 3.63) is 59.7 Å². The van der Waals surface area contributed by atoms with Gasteiger partial charge in [-0.15, -0.1) is 0 Å². The number of fused-ring (bicyclic) bond motifs is 3. The van der Waals surface area contributed by atoms with Gasteiger partial charge in [0.2, 0.25) is 0 Å². The molecule has 0 aromatic heterocycles. The first-order valence-electron chi connectivity index (χ1n) is 10.4. The van der Waals surface area contributed by atoms with E-state index in [1.54, 1.807) is 0 Å². The fourth-order valence-electron chi connectivity index (χ4n) is 4.93. The molecule has 0 atom stereocenters. The zero-order valence-electron chi connectivity index (χ0n) is 16.5. The molecule has 2 aliphatic carbocycles. The molecular formula is C24H26NO4-. The number of hydrogen-bond acceptors (Lipinski definition) is 4. The topological polar surface area (TPSA) is 78.5 Å². The Labute approximate surface area is 171 Å². The van der Waals surface area contributed by atoms with Crippen LogP contribution in [-0.4, -0.2) is 25.2 Å². The summed E-state index contributed by atoms with van der Waals surface area (Å²) in [6.07, 6.45) is 4.17. The lowest BCUT2D eigenvalue weighted by molar-refractivity contribution is -0.308. The Balaban J connectivity index is 1.39. The van der Waals surface area contributed by atoms with E-state index in [0.717, 1.165) is 32.1 Å². The van der Waals surface area contributed by atoms with Crippen molar-refractivity contribution >= 4 is 12.1 Å². The Morgan fingerprint density at radius 1 is 0.966 bits per heavy atom. The quantitative estimate of drug-likeness (QED) is 0.814. The predicted molar refractivity (Wildman–Crippen MR) is 108 cm³/mol. The van der Waals surface area contributed by atoms with Gasteiger partial charge in [0.05, 0.1) is 0 Å². The second-order valence-electron chi connectivity index (χ2n) is 8.29. The summed E-state index contributed by atoms with van der Waals surface area (Å²) in [4.78, 5) is 23.6. The van der Waals surface area contributed by atoms with Crippen molar-refractivity contribution in [1.82, 2.24) is 5.32 Å². The van der Waals surface area contributed by atoms with Crippen LogP contribution in [0.25, 0.3) is 11.1 Å². The normalized spacial score (nSPS) is 17.2. The third-order valence-electron chi connectivity index (χ3n) is 6.38. The first-order valence-corrected chi connectivity index (χ1v) is 10.4. The van der Waals surface area contributed by atoms with Crippen LogP contribution in [0, 0.1) is 5.41 Å². The molecule has 0 heterocycles. The van der Waals surface area contributed by atoms with E-state index in [4.69, 9.17) is 4.74 Å². The van der Waals surface area contributed by atoms with E-state index in [-0.39, 0.29) is 18.9 Å². The third-order valence-corrected chi connectivity index (χ3v) is 6.38. The molecule has 0 unspecified atom stereocenters. The number of aliphatic carboxylic acids is 1. The highest BCUT2D eigenvalue weighted by Crippen LogP contribution is 2.44. The molecule has 5 nitrogen and oxygen atoms in total. The molecule has 2 aliphatic rings. The van der Waals surface area contributed by atoms with Gasteiger partial charge in [0.25, 0.3) is 0 Å². The van der Waals surface area contributed by atoms with Gasteiger partial charge in [-0.3, -0.25) is 0 Å². The number of nitrogens with one attached hydrogen (secondary N) is 1. The summed E-state index contributed by atoms with van der Waals surface area (Å²) in [5, 5.41) is 14.0. The fraction of sp³-hybridized carbons (Fsp3) is 0.417. The number of alkyl carbamates (subject to hydrolysis) is 1. The molecule has 152 valence electrons. The molecule has 0 spiro atoms. The molecule has 1 saturated carbocycles. The fourth-order valence-corrected chi connectivity index (χ4v) is 4.93. The van der Waals surface area contributed by atoms with E-state index in [9.17, 15) is 14.7 Å². The molecule has 4 rings (SSSR count). The van der Waals surface area contributed by atoms with Gasteiger partial charge in [-0.2, -0.15) is 0 Å². The van der Waals surface area contributed by atoms with E-state index in [2.05, 4.69) is 29.6 Å². The summed E-state index contributed by atoms with van der Waals surface area (Å²) in [6, 6.07) is 16.4. The second kappa shape index (κ2) is 8.27. The summed E-state index contributed by atoms with van der Waals surface area (Å²) in [6.45, 7) is 0.574. The summed E-state index contributed by atoms with van der Waals surface area (Å²) >= 11 is 0. The lowest BCUT2D eigenvalue weighted by atomic mass is 9.72. The molecule has 0 aliphatic heterocycles. The van der Waals surface area contributed by atoms with Gasteiger partial charge < -0.3 is 20.0 Å². The summed E-state index contributed by atoms with van der Waals surface area (Å²) in [5.41, 5.74) is 4.30. The van der Waals surface area contributed by atoms with Crippen LogP contribution in [0.1, 0.15) is 55.6 Å². The van der Waals surface area contributed by atoms with Crippen molar-refractivity contribution in [2.24, 2.45) is 5.41 Å². The second-order valence-corrected chi connectivity index (χ2v) is 8.29. The number of carboxylic acid groups (broad SMARTS) is 1. The van der Waals surface area contributed by atoms with Crippen LogP contribution < -0.4 is 10.4 Å². The number of rotatable bonds is 6. The smallest absolute Gasteiger partial charge is 0.407 e. The van der Waals surface area contributed by atoms with Gasteiger partial charge >= 0.3 is 6.09 Å². The number of carbonyl (C=O) groups is 2. The molecule has 1 amide bonds. The lowest BCUT2D eigenvalue weighted by Gasteiger charge is -2.37. The van der Waals surface area contributed by atoms with Crippen LogP contribution in [-0.2, 0) is 9.53 Å². The van der Waals surface area contributed by atoms with Gasteiger partial charge in [-0.25, -0.2) is 4.79 Å². The van der Waals surface area contributed by atoms with Crippen molar-refractivity contribution < 1.29 is 19.4 Å². The third kappa shape index (κ3) is 4.14. The average molecular weight is 392 g/mol. The van der Waals surface area contributed by atoms with Crippen molar-refractivity contribution in [3.63, 3.8) is 0 Å². The number of ether oxygens (including phenoxy) is 1. The van der Waals surface area contributed by atoms with Crippen molar-refractivity contribution in [1.29, 1.82) is 0 Å². The largest absolute Gasteiger partial charge is 0.550 e. The van der Waals surface area contributed by atoms with Crippen LogP contribution >= 0.6 is 0 Å². The van der Waals surface area contributed by atoms with Gasteiger partial charge in [0, 0.05) is 18.4 Å². The standard InChI is InChI=1S/C24H27NO4/c26-22(27)14-24(12-6-1-7-13-24)16-25-23(28)29-15-21-19-10-4-2-8-17(19)18-9-3-5-11-20(18)21/h2-5,8-11,21H,1,6-7,12-16H2,(H,25,28)(H,26,27)/p-1. The maximum Gasteiger partial charge on any atom is 0.407 e. The maximum atomic E-state index is 12.4. The van der Waals surface area contributed by atoms with Gasteiger partial charge in [-0.1, -0.05) is 67.8 Å². The van der Waals surface area contributed by atoms with Gasteiger partial charge in [0.1, 0.15) is 6.61 Å². The lowest BCUT2D eigenvalue weighted by Crippen LogP contribution is -2.43. The SMILES string of the molecule is O=C([O-])CC1(CNC(=O)OCC2c3ccccc3-c3ccccc32)CCCCC1. The van der Waals surface area contributed by atoms with Crippen LogP contribution in [0.3, 0.4) is 0 Å². The summed E-state index contributed by atoms with van der Waals surface area (Å²) < 4.78 is 5.57. The molecule has 29 heavy (non-hydrogen) atoms. The Kier molecular flexibility index (Phi) is 5.56. The van der Waals surface area contributed by atoms with Gasteiger partial charge in [0.15, 0.2) is 0 Å². The van der Waals surface area contributed by atoms with E-state index >= 15 is 0 Å². The van der Waals surface area contributed by atoms with Crippen LogP contribution in [0.15, 0.2) is 48.5 Å². The first-order chi connectivity index (χ1) is 14.1. The van der Waals surface area contributed by atoms with E-state index in [0.29, 0.717) is 6.54 Å². The predicted octanol–water partition coefficient (Wildman–Crippen LogP) is 3.62. The Morgan fingerprint density at radius 3 is 2.14 bits per heavy atom. The Morgan fingerprint density at radius 2 is 1.55 bits per heavy atom. The van der Waals surface area contributed by atoms with Crippen molar-refractivity contribution in [2.45, 2.75) is 44.4 Å². The minimum absolute atomic E-state index is 0.0139. The molecule has 2 aromatic carbocycles. The number of amides is 1. The van der Waals surface area contributed by atoms with Crippen LogP contribution in [0.4, 0.5) is 4.79 Å². The van der Waals surface area contributed by atoms with Crippen LogP contribution in [0.2, 0.25) is 0 Å². The number of carboxylic acids is 1. The maximum absolute atomic E-state index is 12.4. The highest BCUT2D eigenvalue weighted by Gasteiger charge is 2.33. The Hall–Kier alpha value is -2.82. The van der Waals surface area contributed by atoms with Crippen molar-refractivity contribution in [3.8, 4) is 11.1 Å². The highest BCUT2D eigenvalue weighted by atomic mass is 16.5. The minimum atomic E-state index is -1.05. The van der Waals surface area contributed by atoms with Crippen molar-refractivity contribution in [2.75, 3.05) is 13.2 Å². The Bertz CT molecular complexity index is 856. The monoisotopic (exact) mass is 392 g/mol. The molecular weight excluding hydrogens is 366 g/mol. The van der Waals surface area contributed by atoms with E-state index in [1.165, 1.54) is 22.3 Å². The molecule has 0 radical (unpaired) electrons. The highest BCUT2D eigenvalue weighted by molar-refractivity contribution is 5.79. The summed E-state index contributed by atoms with van der Waals surface area (Å²) in [5.74, 6) is -1.04. The molecule has 1 fully saturated rings. The zero-order chi connectivity index (χ0) is 20.3. The summed E-state index contributed by atoms with van der Waals surface area (Å²) in [7, 11) is 0. The number of benzene rings is 2. The number of hydrogen-bond donors (Lipinski definition) is 1. The zero-order valence-corrected chi connectivity index (χ0v) is 16.5.